The van der Waals surface area contributed by atoms with Crippen LogP contribution in [0.1, 0.15) is 39.2 Å². The molecule has 1 amide bonds. The molecule has 0 spiro atoms. The van der Waals surface area contributed by atoms with E-state index in [2.05, 4.69) is 10.0 Å². The van der Waals surface area contributed by atoms with E-state index in [0.29, 0.717) is 6.42 Å². The molecular weight excluding hydrogens is 336 g/mol. The number of nitrogens with zero attached hydrogens (tertiary/aromatic N) is 4. The molecule has 2 rings (SSSR count). The Morgan fingerprint density at radius 3 is 2.62 bits per heavy atom. The Hall–Kier alpha value is -2.73. The molecule has 8 heteroatoms. The van der Waals surface area contributed by atoms with Crippen molar-refractivity contribution < 1.29 is 19.1 Å². The van der Waals surface area contributed by atoms with Crippen molar-refractivity contribution in [2.75, 3.05) is 6.54 Å². The third-order valence-electron chi connectivity index (χ3n) is 3.91. The molecule has 0 saturated carbocycles. The number of hydrogen-bond acceptors (Lipinski definition) is 5. The summed E-state index contributed by atoms with van der Waals surface area (Å²) in [6.07, 6.45) is 0.126. The average Bonchev–Trinajstić information content (AvgIpc) is 2.59. The number of esters is 1. The van der Waals surface area contributed by atoms with Crippen molar-refractivity contribution in [2.45, 2.75) is 57.9 Å². The lowest BCUT2D eigenvalue weighted by atomic mass is 9.98. The number of rotatable bonds is 4. The van der Waals surface area contributed by atoms with E-state index >= 15 is 0 Å². The van der Waals surface area contributed by atoms with Crippen LogP contribution in [0.3, 0.4) is 0 Å². The van der Waals surface area contributed by atoms with Gasteiger partial charge in [0, 0.05) is 17.5 Å². The van der Waals surface area contributed by atoms with E-state index in [9.17, 15) is 9.59 Å². The minimum atomic E-state index is -0.835. The Morgan fingerprint density at radius 2 is 2.00 bits per heavy atom. The number of amides is 1. The first-order chi connectivity index (χ1) is 12.3. The minimum absolute atomic E-state index is 0.116. The molecule has 0 aromatic heterocycles. The molecule has 1 fully saturated rings. The largest absolute Gasteiger partial charge is 0.459 e. The Morgan fingerprint density at radius 1 is 1.31 bits per heavy atom. The fourth-order valence-electron chi connectivity index (χ4n) is 2.71. The molecule has 1 aliphatic rings. The van der Waals surface area contributed by atoms with Crippen molar-refractivity contribution in [3.8, 4) is 0 Å². The standard InChI is InChI=1S/C18H24N4O4/c1-18(2,3)26-17(24)22-10-9-14(20-21-19)11-15(22)16(23)25-12-13-7-5-4-6-8-13/h4-8,14-15H,9-12H2,1-3H3. The molecule has 1 aromatic rings. The van der Waals surface area contributed by atoms with Gasteiger partial charge in [-0.15, -0.1) is 0 Å². The summed E-state index contributed by atoms with van der Waals surface area (Å²) in [6.45, 7) is 5.68. The molecule has 8 nitrogen and oxygen atoms in total. The van der Waals surface area contributed by atoms with Gasteiger partial charge in [0.05, 0.1) is 0 Å². The molecule has 140 valence electrons. The summed E-state index contributed by atoms with van der Waals surface area (Å²) >= 11 is 0. The topological polar surface area (TPSA) is 105 Å². The molecule has 1 saturated heterocycles. The molecule has 0 radical (unpaired) electrons. The number of benzene rings is 1. The zero-order valence-electron chi connectivity index (χ0n) is 15.3. The fourth-order valence-corrected chi connectivity index (χ4v) is 2.71. The van der Waals surface area contributed by atoms with Crippen molar-refractivity contribution in [3.05, 3.63) is 46.3 Å². The van der Waals surface area contributed by atoms with Gasteiger partial charge in [-0.1, -0.05) is 35.4 Å². The summed E-state index contributed by atoms with van der Waals surface area (Å²) < 4.78 is 10.8. The average molecular weight is 360 g/mol. The quantitative estimate of drug-likeness (QED) is 0.352. The van der Waals surface area contributed by atoms with Crippen molar-refractivity contribution in [1.82, 2.24) is 4.90 Å². The third-order valence-corrected chi connectivity index (χ3v) is 3.91. The van der Waals surface area contributed by atoms with E-state index in [4.69, 9.17) is 15.0 Å². The zero-order valence-corrected chi connectivity index (χ0v) is 15.3. The first-order valence-electron chi connectivity index (χ1n) is 8.54. The number of hydrogen-bond donors (Lipinski definition) is 0. The van der Waals surface area contributed by atoms with Crippen molar-refractivity contribution in [1.29, 1.82) is 0 Å². The Labute approximate surface area is 152 Å². The first kappa shape index (κ1) is 19.6. The van der Waals surface area contributed by atoms with Crippen molar-refractivity contribution in [3.63, 3.8) is 0 Å². The maximum atomic E-state index is 12.6. The van der Waals surface area contributed by atoms with Gasteiger partial charge in [-0.3, -0.25) is 4.90 Å². The van der Waals surface area contributed by atoms with Gasteiger partial charge in [0.1, 0.15) is 18.2 Å². The lowest BCUT2D eigenvalue weighted by Crippen LogP contribution is -2.52. The van der Waals surface area contributed by atoms with E-state index < -0.39 is 23.7 Å². The summed E-state index contributed by atoms with van der Waals surface area (Å²) in [5.74, 6) is -0.530. The van der Waals surface area contributed by atoms with Gasteiger partial charge in [0.15, 0.2) is 0 Å². The van der Waals surface area contributed by atoms with Crippen LogP contribution in [0.25, 0.3) is 10.4 Å². The fraction of sp³-hybridized carbons (Fsp3) is 0.556. The van der Waals surface area contributed by atoms with E-state index in [1.54, 1.807) is 20.8 Å². The molecule has 2 unspecified atom stereocenters. The molecule has 0 bridgehead atoms. The summed E-state index contributed by atoms with van der Waals surface area (Å²) in [5, 5.41) is 3.70. The van der Waals surface area contributed by atoms with Crippen molar-refractivity contribution >= 4 is 12.1 Å². The summed E-state index contributed by atoms with van der Waals surface area (Å²) in [5.41, 5.74) is 8.84. The maximum Gasteiger partial charge on any atom is 0.411 e. The Bertz CT molecular complexity index is 680. The number of carbonyl (C=O) groups excluding carboxylic acids is 2. The van der Waals surface area contributed by atoms with Gasteiger partial charge in [-0.05, 0) is 44.7 Å². The van der Waals surface area contributed by atoms with Crippen LogP contribution >= 0.6 is 0 Å². The van der Waals surface area contributed by atoms with Crippen LogP contribution in [0.2, 0.25) is 0 Å². The van der Waals surface area contributed by atoms with E-state index in [-0.39, 0.29) is 25.6 Å². The highest BCUT2D eigenvalue weighted by Crippen LogP contribution is 2.24. The molecule has 0 N–H and O–H groups in total. The van der Waals surface area contributed by atoms with Gasteiger partial charge >= 0.3 is 12.1 Å². The van der Waals surface area contributed by atoms with Gasteiger partial charge in [-0.2, -0.15) is 0 Å². The van der Waals surface area contributed by atoms with Gasteiger partial charge < -0.3 is 9.47 Å². The van der Waals surface area contributed by atoms with Crippen molar-refractivity contribution in [2.24, 2.45) is 5.11 Å². The second-order valence-electron chi connectivity index (χ2n) is 7.17. The van der Waals surface area contributed by atoms with Crippen LogP contribution in [0, 0.1) is 0 Å². The first-order valence-corrected chi connectivity index (χ1v) is 8.54. The smallest absolute Gasteiger partial charge is 0.411 e. The molecule has 0 aliphatic carbocycles. The number of piperidine rings is 1. The highest BCUT2D eigenvalue weighted by molar-refractivity contribution is 5.82. The van der Waals surface area contributed by atoms with Crippen LogP contribution in [-0.2, 0) is 20.9 Å². The number of likely N-dealkylation sites (tertiary alicyclic amines) is 1. The van der Waals surface area contributed by atoms with Crippen LogP contribution in [0.5, 0.6) is 0 Å². The summed E-state index contributed by atoms with van der Waals surface area (Å²) in [7, 11) is 0. The van der Waals surface area contributed by atoms with E-state index in [0.717, 1.165) is 5.56 Å². The third kappa shape index (κ3) is 5.67. The van der Waals surface area contributed by atoms with Gasteiger partial charge in [0.2, 0.25) is 0 Å². The number of azide groups is 1. The van der Waals surface area contributed by atoms with Crippen LogP contribution in [-0.4, -0.2) is 41.2 Å². The van der Waals surface area contributed by atoms with Gasteiger partial charge in [-0.25, -0.2) is 9.59 Å². The monoisotopic (exact) mass is 360 g/mol. The molecule has 26 heavy (non-hydrogen) atoms. The maximum absolute atomic E-state index is 12.6. The molecule has 1 aromatic carbocycles. The Balaban J connectivity index is 2.09. The zero-order chi connectivity index (χ0) is 19.2. The normalized spacial score (nSPS) is 20.0. The van der Waals surface area contributed by atoms with Crippen LogP contribution < -0.4 is 0 Å². The lowest BCUT2D eigenvalue weighted by Gasteiger charge is -2.37. The highest BCUT2D eigenvalue weighted by Gasteiger charge is 2.39. The van der Waals surface area contributed by atoms with E-state index in [1.165, 1.54) is 4.90 Å². The number of carbonyl (C=O) groups is 2. The summed E-state index contributed by atoms with van der Waals surface area (Å²) in [6, 6.07) is 8.10. The molecule has 2 atom stereocenters. The molecular formula is C18H24N4O4. The molecule has 1 heterocycles. The van der Waals surface area contributed by atoms with Crippen LogP contribution in [0.4, 0.5) is 4.79 Å². The van der Waals surface area contributed by atoms with Crippen LogP contribution in [0.15, 0.2) is 35.4 Å². The predicted octanol–water partition coefficient (Wildman–Crippen LogP) is 3.81. The number of ether oxygens (including phenoxy) is 2. The van der Waals surface area contributed by atoms with Gasteiger partial charge in [0.25, 0.3) is 0 Å². The predicted molar refractivity (Wildman–Crippen MR) is 95.1 cm³/mol. The SMILES string of the molecule is CC(C)(C)OC(=O)N1CCC(N=[N+]=[N-])CC1C(=O)OCc1ccccc1. The molecule has 1 aliphatic heterocycles. The summed E-state index contributed by atoms with van der Waals surface area (Å²) in [4.78, 5) is 29.2. The second-order valence-corrected chi connectivity index (χ2v) is 7.17. The van der Waals surface area contributed by atoms with E-state index in [1.807, 2.05) is 30.3 Å². The second kappa shape index (κ2) is 8.58. The highest BCUT2D eigenvalue weighted by atomic mass is 16.6. The Kier molecular flexibility index (Phi) is 6.46. The minimum Gasteiger partial charge on any atom is -0.459 e. The lowest BCUT2D eigenvalue weighted by molar-refractivity contribution is -0.152.